The van der Waals surface area contributed by atoms with Gasteiger partial charge in [-0.15, -0.1) is 0 Å². The SMILES string of the molecule is COC1CCCCC1Nc1cccc2c(=O)[nH][nH]c(=O)c12. The lowest BCUT2D eigenvalue weighted by atomic mass is 9.92. The molecule has 0 saturated heterocycles. The Bertz CT molecular complexity index is 750. The Morgan fingerprint density at radius 2 is 1.90 bits per heavy atom. The van der Waals surface area contributed by atoms with Crippen LogP contribution in [-0.2, 0) is 4.74 Å². The van der Waals surface area contributed by atoms with Crippen molar-refractivity contribution < 1.29 is 4.74 Å². The maximum atomic E-state index is 12.0. The van der Waals surface area contributed by atoms with Crippen molar-refractivity contribution >= 4 is 16.5 Å². The highest BCUT2D eigenvalue weighted by Crippen LogP contribution is 2.26. The number of rotatable bonds is 3. The minimum absolute atomic E-state index is 0.134. The highest BCUT2D eigenvalue weighted by molar-refractivity contribution is 5.92. The van der Waals surface area contributed by atoms with Crippen LogP contribution in [-0.4, -0.2) is 29.5 Å². The lowest BCUT2D eigenvalue weighted by Gasteiger charge is -2.32. The molecule has 0 amide bonds. The molecule has 1 fully saturated rings. The summed E-state index contributed by atoms with van der Waals surface area (Å²) in [5.74, 6) is 0. The molecular weight excluding hydrogens is 270 g/mol. The molecule has 1 heterocycles. The van der Waals surface area contributed by atoms with Crippen LogP contribution in [0.5, 0.6) is 0 Å². The van der Waals surface area contributed by atoms with E-state index in [0.717, 1.165) is 25.7 Å². The van der Waals surface area contributed by atoms with Crippen LogP contribution < -0.4 is 16.4 Å². The van der Waals surface area contributed by atoms with Gasteiger partial charge in [-0.25, -0.2) is 0 Å². The molecule has 6 heteroatoms. The van der Waals surface area contributed by atoms with Crippen molar-refractivity contribution in [2.24, 2.45) is 0 Å². The monoisotopic (exact) mass is 289 g/mol. The number of nitrogens with one attached hydrogen (secondary N) is 3. The third kappa shape index (κ3) is 2.58. The third-order valence-corrected chi connectivity index (χ3v) is 4.17. The predicted molar refractivity (Wildman–Crippen MR) is 81.9 cm³/mol. The van der Waals surface area contributed by atoms with Crippen molar-refractivity contribution in [3.8, 4) is 0 Å². The molecule has 0 spiro atoms. The van der Waals surface area contributed by atoms with E-state index >= 15 is 0 Å². The Labute approximate surface area is 121 Å². The van der Waals surface area contributed by atoms with Crippen LogP contribution in [0.4, 0.5) is 5.69 Å². The zero-order chi connectivity index (χ0) is 14.8. The van der Waals surface area contributed by atoms with Gasteiger partial charge in [-0.2, -0.15) is 0 Å². The number of H-pyrrole nitrogens is 2. The topological polar surface area (TPSA) is 87.0 Å². The lowest BCUT2D eigenvalue weighted by Crippen LogP contribution is -2.38. The smallest absolute Gasteiger partial charge is 0.272 e. The Morgan fingerprint density at radius 1 is 1.14 bits per heavy atom. The van der Waals surface area contributed by atoms with Crippen molar-refractivity contribution in [2.45, 2.75) is 37.8 Å². The first-order chi connectivity index (χ1) is 10.2. The van der Waals surface area contributed by atoms with E-state index in [-0.39, 0.29) is 23.3 Å². The van der Waals surface area contributed by atoms with Crippen molar-refractivity contribution in [2.75, 3.05) is 12.4 Å². The molecule has 0 bridgehead atoms. The van der Waals surface area contributed by atoms with Crippen LogP contribution >= 0.6 is 0 Å². The van der Waals surface area contributed by atoms with Crippen molar-refractivity contribution in [3.05, 3.63) is 38.9 Å². The van der Waals surface area contributed by atoms with Crippen molar-refractivity contribution in [1.82, 2.24) is 10.2 Å². The summed E-state index contributed by atoms with van der Waals surface area (Å²) in [7, 11) is 1.71. The molecule has 3 N–H and O–H groups in total. The number of ether oxygens (including phenoxy) is 1. The number of hydrogen-bond donors (Lipinski definition) is 3. The van der Waals surface area contributed by atoms with E-state index in [0.29, 0.717) is 16.5 Å². The molecule has 6 nitrogen and oxygen atoms in total. The van der Waals surface area contributed by atoms with Gasteiger partial charge >= 0.3 is 0 Å². The largest absolute Gasteiger partial charge is 0.379 e. The maximum Gasteiger partial charge on any atom is 0.272 e. The fourth-order valence-corrected chi connectivity index (χ4v) is 3.09. The molecule has 0 aliphatic heterocycles. The molecule has 1 aromatic carbocycles. The Morgan fingerprint density at radius 3 is 2.71 bits per heavy atom. The number of aromatic amines is 2. The third-order valence-electron chi connectivity index (χ3n) is 4.17. The average molecular weight is 289 g/mol. The molecule has 2 atom stereocenters. The van der Waals surface area contributed by atoms with E-state index in [9.17, 15) is 9.59 Å². The zero-order valence-electron chi connectivity index (χ0n) is 11.9. The lowest BCUT2D eigenvalue weighted by molar-refractivity contribution is 0.0606. The molecule has 1 saturated carbocycles. The Hall–Kier alpha value is -2.08. The van der Waals surface area contributed by atoms with E-state index in [4.69, 9.17) is 4.74 Å². The molecule has 112 valence electrons. The summed E-state index contributed by atoms with van der Waals surface area (Å²) in [6.45, 7) is 0. The standard InChI is InChI=1S/C15H19N3O3/c1-21-12-8-3-2-6-10(12)16-11-7-4-5-9-13(11)15(20)18-17-14(9)19/h4-5,7,10,12,16H,2-3,6,8H2,1H3,(H,17,19)(H,18,20). The van der Waals surface area contributed by atoms with Crippen molar-refractivity contribution in [3.63, 3.8) is 0 Å². The van der Waals surface area contributed by atoms with Gasteiger partial charge in [0.1, 0.15) is 0 Å². The molecule has 2 aromatic rings. The van der Waals surface area contributed by atoms with E-state index in [1.54, 1.807) is 19.2 Å². The fourth-order valence-electron chi connectivity index (χ4n) is 3.09. The number of fused-ring (bicyclic) bond motifs is 1. The summed E-state index contributed by atoms with van der Waals surface area (Å²) in [6.07, 6.45) is 4.44. The molecule has 0 radical (unpaired) electrons. The van der Waals surface area contributed by atoms with Gasteiger partial charge in [0.25, 0.3) is 11.1 Å². The second-order valence-electron chi connectivity index (χ2n) is 5.45. The molecule has 1 aromatic heterocycles. The Kier molecular flexibility index (Phi) is 3.79. The number of methoxy groups -OCH3 is 1. The van der Waals surface area contributed by atoms with Gasteiger partial charge in [-0.05, 0) is 25.0 Å². The van der Waals surface area contributed by atoms with Crippen LogP contribution in [0.3, 0.4) is 0 Å². The number of aromatic nitrogens is 2. The van der Waals surface area contributed by atoms with Crippen LogP contribution in [0.2, 0.25) is 0 Å². The van der Waals surface area contributed by atoms with Crippen LogP contribution in [0, 0.1) is 0 Å². The van der Waals surface area contributed by atoms with Crippen molar-refractivity contribution in [1.29, 1.82) is 0 Å². The minimum Gasteiger partial charge on any atom is -0.379 e. The molecule has 21 heavy (non-hydrogen) atoms. The summed E-state index contributed by atoms with van der Waals surface area (Å²) in [6, 6.07) is 5.43. The van der Waals surface area contributed by atoms with Gasteiger partial charge < -0.3 is 10.1 Å². The predicted octanol–water partition coefficient (Wildman–Crippen LogP) is 1.59. The van der Waals surface area contributed by atoms with Crippen LogP contribution in [0.1, 0.15) is 25.7 Å². The fraction of sp³-hybridized carbons (Fsp3) is 0.467. The second kappa shape index (κ2) is 5.73. The average Bonchev–Trinajstić information content (AvgIpc) is 2.52. The second-order valence-corrected chi connectivity index (χ2v) is 5.45. The van der Waals surface area contributed by atoms with Gasteiger partial charge in [0.15, 0.2) is 0 Å². The summed E-state index contributed by atoms with van der Waals surface area (Å²) in [5.41, 5.74) is 0.103. The van der Waals surface area contributed by atoms with Gasteiger partial charge in [0.05, 0.1) is 22.9 Å². The first-order valence-electron chi connectivity index (χ1n) is 7.23. The highest BCUT2D eigenvalue weighted by atomic mass is 16.5. The maximum absolute atomic E-state index is 12.0. The van der Waals surface area contributed by atoms with Gasteiger partial charge in [0.2, 0.25) is 0 Å². The number of benzene rings is 1. The van der Waals surface area contributed by atoms with E-state index < -0.39 is 0 Å². The van der Waals surface area contributed by atoms with Crippen LogP contribution in [0.15, 0.2) is 27.8 Å². The summed E-state index contributed by atoms with van der Waals surface area (Å²) in [5, 5.41) is 8.93. The minimum atomic E-state index is -0.294. The van der Waals surface area contributed by atoms with Gasteiger partial charge in [0, 0.05) is 12.8 Å². The molecule has 1 aliphatic carbocycles. The molecule has 3 rings (SSSR count). The quantitative estimate of drug-likeness (QED) is 0.800. The van der Waals surface area contributed by atoms with E-state index in [2.05, 4.69) is 15.5 Å². The van der Waals surface area contributed by atoms with Gasteiger partial charge in [-0.1, -0.05) is 18.9 Å². The molecule has 1 aliphatic rings. The van der Waals surface area contributed by atoms with E-state index in [1.165, 1.54) is 0 Å². The molecule has 2 unspecified atom stereocenters. The highest BCUT2D eigenvalue weighted by Gasteiger charge is 2.25. The zero-order valence-corrected chi connectivity index (χ0v) is 11.9. The normalized spacial score (nSPS) is 22.3. The summed E-state index contributed by atoms with van der Waals surface area (Å²) in [4.78, 5) is 23.9. The van der Waals surface area contributed by atoms with E-state index in [1.807, 2.05) is 6.07 Å². The first-order valence-corrected chi connectivity index (χ1v) is 7.23. The number of hydrogen-bond acceptors (Lipinski definition) is 4. The van der Waals surface area contributed by atoms with Gasteiger partial charge in [-0.3, -0.25) is 19.8 Å². The first kappa shape index (κ1) is 13.9. The summed E-state index contributed by atoms with van der Waals surface area (Å²) < 4.78 is 5.53. The molecular formula is C15H19N3O3. The summed E-state index contributed by atoms with van der Waals surface area (Å²) >= 11 is 0. The number of anilines is 1. The van der Waals surface area contributed by atoms with Crippen LogP contribution in [0.25, 0.3) is 10.8 Å². The Balaban J connectivity index is 2.03.